The summed E-state index contributed by atoms with van der Waals surface area (Å²) in [4.78, 5) is 11.3. The molecule has 3 N–H and O–H groups in total. The van der Waals surface area contributed by atoms with Crippen LogP contribution in [0.5, 0.6) is 0 Å². The molecule has 0 aromatic heterocycles. The third-order valence-electron chi connectivity index (χ3n) is 2.23. The Morgan fingerprint density at radius 2 is 2.54 bits per heavy atom. The van der Waals surface area contributed by atoms with Gasteiger partial charge in [0.1, 0.15) is 0 Å². The second-order valence-corrected chi connectivity index (χ2v) is 3.72. The van der Waals surface area contributed by atoms with E-state index in [-0.39, 0.29) is 5.91 Å². The second kappa shape index (κ2) is 5.19. The Morgan fingerprint density at radius 3 is 3.08 bits per heavy atom. The monoisotopic (exact) mass is 186 g/mol. The summed E-state index contributed by atoms with van der Waals surface area (Å²) in [5.74, 6) is 0.531. The summed E-state index contributed by atoms with van der Waals surface area (Å²) in [5.41, 5.74) is 0. The van der Waals surface area contributed by atoms with Crippen LogP contribution in [0.1, 0.15) is 19.8 Å². The van der Waals surface area contributed by atoms with Gasteiger partial charge >= 0.3 is 0 Å². The third kappa shape index (κ3) is 4.24. The Balaban J connectivity index is 2.09. The molecule has 1 fully saturated rings. The third-order valence-corrected chi connectivity index (χ3v) is 2.23. The molecule has 1 heterocycles. The molecule has 0 bridgehead atoms. The maximum atomic E-state index is 11.3. The van der Waals surface area contributed by atoms with E-state index in [0.29, 0.717) is 18.9 Å². The topological polar surface area (TPSA) is 61.4 Å². The number of hydrogen-bond donors (Lipinski definition) is 3. The maximum absolute atomic E-state index is 11.3. The number of amides is 1. The highest BCUT2D eigenvalue weighted by molar-refractivity contribution is 5.76. The van der Waals surface area contributed by atoms with Gasteiger partial charge in [-0.05, 0) is 32.4 Å². The van der Waals surface area contributed by atoms with Gasteiger partial charge in [0.05, 0.1) is 6.10 Å². The molecule has 4 heteroatoms. The minimum absolute atomic E-state index is 0.0506. The molecular weight excluding hydrogens is 168 g/mol. The van der Waals surface area contributed by atoms with Gasteiger partial charge in [-0.25, -0.2) is 0 Å². The Morgan fingerprint density at radius 1 is 1.77 bits per heavy atom. The van der Waals surface area contributed by atoms with Crippen molar-refractivity contribution in [1.82, 2.24) is 10.6 Å². The lowest BCUT2D eigenvalue weighted by Gasteiger charge is -2.09. The fourth-order valence-electron chi connectivity index (χ4n) is 1.48. The number of rotatable bonds is 4. The summed E-state index contributed by atoms with van der Waals surface area (Å²) in [6, 6.07) is 0. The van der Waals surface area contributed by atoms with Gasteiger partial charge in [-0.3, -0.25) is 4.79 Å². The Kier molecular flexibility index (Phi) is 4.18. The molecule has 0 aromatic rings. The van der Waals surface area contributed by atoms with Crippen molar-refractivity contribution in [2.75, 3.05) is 19.6 Å². The zero-order valence-corrected chi connectivity index (χ0v) is 8.05. The Bertz CT molecular complexity index is 165. The molecule has 1 rings (SSSR count). The summed E-state index contributed by atoms with van der Waals surface area (Å²) in [7, 11) is 0. The van der Waals surface area contributed by atoms with Gasteiger partial charge in [-0.15, -0.1) is 0 Å². The van der Waals surface area contributed by atoms with Crippen LogP contribution in [0.4, 0.5) is 0 Å². The number of carbonyl (C=O) groups is 1. The van der Waals surface area contributed by atoms with Crippen LogP contribution < -0.4 is 10.6 Å². The fraction of sp³-hybridized carbons (Fsp3) is 0.889. The molecule has 4 nitrogen and oxygen atoms in total. The average molecular weight is 186 g/mol. The summed E-state index contributed by atoms with van der Waals surface area (Å²) >= 11 is 0. The zero-order chi connectivity index (χ0) is 9.68. The summed E-state index contributed by atoms with van der Waals surface area (Å²) < 4.78 is 0. The van der Waals surface area contributed by atoms with Gasteiger partial charge in [0.25, 0.3) is 0 Å². The first kappa shape index (κ1) is 10.5. The number of nitrogens with one attached hydrogen (secondary N) is 2. The molecule has 76 valence electrons. The summed E-state index contributed by atoms with van der Waals surface area (Å²) in [6.45, 7) is 3.99. The van der Waals surface area contributed by atoms with Crippen LogP contribution in [0.25, 0.3) is 0 Å². The molecule has 0 aliphatic carbocycles. The molecule has 1 saturated heterocycles. The predicted octanol–water partition coefficient (Wildman–Crippen LogP) is -0.517. The van der Waals surface area contributed by atoms with Crippen molar-refractivity contribution >= 4 is 5.91 Å². The van der Waals surface area contributed by atoms with Gasteiger partial charge in [-0.1, -0.05) is 0 Å². The van der Waals surface area contributed by atoms with Gasteiger partial charge < -0.3 is 15.7 Å². The molecule has 2 atom stereocenters. The van der Waals surface area contributed by atoms with E-state index in [0.717, 1.165) is 19.5 Å². The van der Waals surface area contributed by atoms with Crippen molar-refractivity contribution in [3.8, 4) is 0 Å². The molecule has 0 spiro atoms. The fourth-order valence-corrected chi connectivity index (χ4v) is 1.48. The van der Waals surface area contributed by atoms with Crippen LogP contribution in [0.3, 0.4) is 0 Å². The van der Waals surface area contributed by atoms with E-state index in [1.807, 2.05) is 0 Å². The van der Waals surface area contributed by atoms with Gasteiger partial charge in [0.2, 0.25) is 5.91 Å². The summed E-state index contributed by atoms with van der Waals surface area (Å²) in [5, 5.41) is 14.8. The molecule has 1 aliphatic rings. The second-order valence-electron chi connectivity index (χ2n) is 3.72. The first-order valence-electron chi connectivity index (χ1n) is 4.84. The van der Waals surface area contributed by atoms with Crippen molar-refractivity contribution in [2.24, 2.45) is 5.92 Å². The van der Waals surface area contributed by atoms with Crippen LogP contribution in [0, 0.1) is 5.92 Å². The van der Waals surface area contributed by atoms with E-state index in [9.17, 15) is 4.79 Å². The van der Waals surface area contributed by atoms with Crippen molar-refractivity contribution < 1.29 is 9.90 Å². The Labute approximate surface area is 78.7 Å². The lowest BCUT2D eigenvalue weighted by atomic mass is 10.0. The highest BCUT2D eigenvalue weighted by Gasteiger charge is 2.17. The van der Waals surface area contributed by atoms with E-state index < -0.39 is 6.10 Å². The van der Waals surface area contributed by atoms with Gasteiger partial charge in [0, 0.05) is 13.0 Å². The van der Waals surface area contributed by atoms with Crippen LogP contribution >= 0.6 is 0 Å². The van der Waals surface area contributed by atoms with Crippen molar-refractivity contribution in [1.29, 1.82) is 0 Å². The van der Waals surface area contributed by atoms with Crippen molar-refractivity contribution in [3.63, 3.8) is 0 Å². The number of aliphatic hydroxyl groups excluding tert-OH is 1. The molecule has 0 radical (unpaired) electrons. The number of carbonyl (C=O) groups excluding carboxylic acids is 1. The smallest absolute Gasteiger partial charge is 0.220 e. The minimum atomic E-state index is -0.453. The molecule has 0 aromatic carbocycles. The van der Waals surface area contributed by atoms with E-state index in [4.69, 9.17) is 5.11 Å². The average Bonchev–Trinajstić information content (AvgIpc) is 2.53. The van der Waals surface area contributed by atoms with E-state index in [1.54, 1.807) is 6.92 Å². The number of aliphatic hydroxyl groups is 1. The molecule has 0 saturated carbocycles. The van der Waals surface area contributed by atoms with E-state index in [2.05, 4.69) is 10.6 Å². The van der Waals surface area contributed by atoms with Crippen molar-refractivity contribution in [2.45, 2.75) is 25.9 Å². The molecule has 1 unspecified atom stereocenters. The zero-order valence-electron chi connectivity index (χ0n) is 8.05. The first-order valence-corrected chi connectivity index (χ1v) is 4.84. The maximum Gasteiger partial charge on any atom is 0.220 e. The molecule has 1 amide bonds. The van der Waals surface area contributed by atoms with E-state index in [1.165, 1.54) is 0 Å². The van der Waals surface area contributed by atoms with Crippen LogP contribution in [-0.4, -0.2) is 36.8 Å². The molecule has 1 aliphatic heterocycles. The van der Waals surface area contributed by atoms with Gasteiger partial charge in [-0.2, -0.15) is 0 Å². The van der Waals surface area contributed by atoms with Crippen LogP contribution in [0.2, 0.25) is 0 Å². The highest BCUT2D eigenvalue weighted by Crippen LogP contribution is 2.11. The Hall–Kier alpha value is -0.610. The van der Waals surface area contributed by atoms with E-state index >= 15 is 0 Å². The number of hydrogen-bond acceptors (Lipinski definition) is 3. The normalized spacial score (nSPS) is 24.3. The standard InChI is InChI=1S/C9H18N2O2/c1-7(12)5-11-9(13)4-8-2-3-10-6-8/h7-8,10,12H,2-6H2,1H3,(H,11,13)/t7-,8?/m0/s1. The molecule has 13 heavy (non-hydrogen) atoms. The van der Waals surface area contributed by atoms with Gasteiger partial charge in [0.15, 0.2) is 0 Å². The predicted molar refractivity (Wildman–Crippen MR) is 50.3 cm³/mol. The minimum Gasteiger partial charge on any atom is -0.392 e. The van der Waals surface area contributed by atoms with Crippen molar-refractivity contribution in [3.05, 3.63) is 0 Å². The van der Waals surface area contributed by atoms with Crippen LogP contribution in [0.15, 0.2) is 0 Å². The molecular formula is C9H18N2O2. The highest BCUT2D eigenvalue weighted by atomic mass is 16.3. The lowest BCUT2D eigenvalue weighted by Crippen LogP contribution is -2.32. The first-order chi connectivity index (χ1) is 6.18. The summed E-state index contributed by atoms with van der Waals surface area (Å²) in [6.07, 6.45) is 1.22. The largest absolute Gasteiger partial charge is 0.392 e. The van der Waals surface area contributed by atoms with Crippen LogP contribution in [-0.2, 0) is 4.79 Å². The lowest BCUT2D eigenvalue weighted by molar-refractivity contribution is -0.122. The quantitative estimate of drug-likeness (QED) is 0.554. The SMILES string of the molecule is C[C@H](O)CNC(=O)CC1CCNC1.